The molecule has 1 saturated heterocycles. The SMILES string of the molecule is CCC[SiH2]C1CCCCO1. The van der Waals surface area contributed by atoms with E-state index in [1.165, 1.54) is 31.7 Å². The molecule has 1 heterocycles. The maximum Gasteiger partial charge on any atom is 0.0555 e. The molecule has 0 bridgehead atoms. The molecule has 0 spiro atoms. The quantitative estimate of drug-likeness (QED) is 0.566. The van der Waals surface area contributed by atoms with Crippen molar-refractivity contribution in [1.29, 1.82) is 0 Å². The highest BCUT2D eigenvalue weighted by atomic mass is 28.2. The van der Waals surface area contributed by atoms with Crippen molar-refractivity contribution in [3.63, 3.8) is 0 Å². The van der Waals surface area contributed by atoms with Gasteiger partial charge >= 0.3 is 0 Å². The summed E-state index contributed by atoms with van der Waals surface area (Å²) in [6.07, 6.45) is 5.46. The van der Waals surface area contributed by atoms with E-state index in [9.17, 15) is 0 Å². The lowest BCUT2D eigenvalue weighted by atomic mass is 10.2. The molecule has 1 rings (SSSR count). The number of hydrogen-bond donors (Lipinski definition) is 0. The van der Waals surface area contributed by atoms with Crippen molar-refractivity contribution in [1.82, 2.24) is 0 Å². The molecule has 1 atom stereocenters. The first-order valence-electron chi connectivity index (χ1n) is 4.55. The Morgan fingerprint density at radius 3 is 3.00 bits per heavy atom. The topological polar surface area (TPSA) is 9.23 Å². The van der Waals surface area contributed by atoms with Gasteiger partial charge in [-0.1, -0.05) is 19.4 Å². The summed E-state index contributed by atoms with van der Waals surface area (Å²) in [5.41, 5.74) is 0.744. The zero-order valence-corrected chi connectivity index (χ0v) is 8.35. The second kappa shape index (κ2) is 4.91. The average molecular weight is 158 g/mol. The molecule has 0 aromatic carbocycles. The third-order valence-corrected chi connectivity index (χ3v) is 4.56. The molecule has 1 aliphatic heterocycles. The van der Waals surface area contributed by atoms with Gasteiger partial charge in [0.25, 0.3) is 0 Å². The number of rotatable bonds is 3. The summed E-state index contributed by atoms with van der Waals surface area (Å²) >= 11 is 0. The lowest BCUT2D eigenvalue weighted by Gasteiger charge is -2.21. The van der Waals surface area contributed by atoms with Crippen molar-refractivity contribution in [3.05, 3.63) is 0 Å². The molecule has 1 aliphatic rings. The van der Waals surface area contributed by atoms with Crippen LogP contribution in [-0.2, 0) is 4.74 Å². The normalized spacial score (nSPS) is 27.9. The van der Waals surface area contributed by atoms with Gasteiger partial charge in [-0.05, 0) is 19.3 Å². The Bertz CT molecular complexity index is 79.3. The minimum atomic E-state index is 0.143. The molecule has 1 nitrogen and oxygen atoms in total. The van der Waals surface area contributed by atoms with Crippen LogP contribution in [-0.4, -0.2) is 21.9 Å². The Morgan fingerprint density at radius 2 is 2.40 bits per heavy atom. The van der Waals surface area contributed by atoms with Gasteiger partial charge in [0.15, 0.2) is 0 Å². The molecule has 1 fully saturated rings. The molecular weight excluding hydrogens is 140 g/mol. The zero-order chi connectivity index (χ0) is 7.23. The van der Waals surface area contributed by atoms with E-state index < -0.39 is 0 Å². The summed E-state index contributed by atoms with van der Waals surface area (Å²) < 4.78 is 5.64. The van der Waals surface area contributed by atoms with E-state index in [1.54, 1.807) is 0 Å². The smallest absolute Gasteiger partial charge is 0.0555 e. The van der Waals surface area contributed by atoms with Crippen molar-refractivity contribution >= 4 is 9.52 Å². The van der Waals surface area contributed by atoms with E-state index in [0.717, 1.165) is 12.3 Å². The third kappa shape index (κ3) is 2.84. The molecule has 0 aromatic rings. The fraction of sp³-hybridized carbons (Fsp3) is 1.00. The van der Waals surface area contributed by atoms with Gasteiger partial charge in [-0.15, -0.1) is 0 Å². The van der Waals surface area contributed by atoms with E-state index in [2.05, 4.69) is 6.92 Å². The van der Waals surface area contributed by atoms with Gasteiger partial charge in [0.05, 0.1) is 9.52 Å². The molecule has 0 radical (unpaired) electrons. The van der Waals surface area contributed by atoms with E-state index in [4.69, 9.17) is 4.74 Å². The second-order valence-corrected chi connectivity index (χ2v) is 5.33. The first-order chi connectivity index (χ1) is 4.93. The number of ether oxygens (including phenoxy) is 1. The van der Waals surface area contributed by atoms with Crippen LogP contribution in [0.15, 0.2) is 0 Å². The Labute approximate surface area is 66.0 Å². The van der Waals surface area contributed by atoms with Gasteiger partial charge in [0.2, 0.25) is 0 Å². The predicted molar refractivity (Wildman–Crippen MR) is 47.2 cm³/mol. The summed E-state index contributed by atoms with van der Waals surface area (Å²) in [4.78, 5) is 0. The predicted octanol–water partition coefficient (Wildman–Crippen LogP) is 1.51. The van der Waals surface area contributed by atoms with Crippen LogP contribution in [0.2, 0.25) is 6.04 Å². The molecule has 0 aliphatic carbocycles. The van der Waals surface area contributed by atoms with Crippen LogP contribution in [0.3, 0.4) is 0 Å². The van der Waals surface area contributed by atoms with Crippen molar-refractivity contribution in [2.45, 2.75) is 44.4 Å². The van der Waals surface area contributed by atoms with Crippen molar-refractivity contribution < 1.29 is 4.74 Å². The fourth-order valence-electron chi connectivity index (χ4n) is 1.47. The molecule has 1 unspecified atom stereocenters. The highest BCUT2D eigenvalue weighted by Crippen LogP contribution is 2.12. The van der Waals surface area contributed by atoms with E-state index in [0.29, 0.717) is 0 Å². The minimum Gasteiger partial charge on any atom is -0.382 e. The van der Waals surface area contributed by atoms with Crippen LogP contribution in [0.1, 0.15) is 32.6 Å². The molecule has 2 heteroatoms. The van der Waals surface area contributed by atoms with Crippen LogP contribution in [0.5, 0.6) is 0 Å². The highest BCUT2D eigenvalue weighted by Gasteiger charge is 2.12. The molecule has 0 aromatic heterocycles. The molecule has 0 amide bonds. The highest BCUT2D eigenvalue weighted by molar-refractivity contribution is 6.37. The monoisotopic (exact) mass is 158 g/mol. The third-order valence-electron chi connectivity index (χ3n) is 2.15. The maximum absolute atomic E-state index is 5.64. The standard InChI is InChI=1S/C8H18OSi/c1-2-7-10-8-5-3-4-6-9-8/h8H,2-7,10H2,1H3. The van der Waals surface area contributed by atoms with E-state index in [-0.39, 0.29) is 9.52 Å². The Morgan fingerprint density at radius 1 is 1.50 bits per heavy atom. The maximum atomic E-state index is 5.64. The molecule has 0 N–H and O–H groups in total. The first-order valence-corrected chi connectivity index (χ1v) is 6.36. The van der Waals surface area contributed by atoms with Gasteiger partial charge in [0.1, 0.15) is 0 Å². The van der Waals surface area contributed by atoms with Gasteiger partial charge in [0, 0.05) is 12.3 Å². The van der Waals surface area contributed by atoms with E-state index >= 15 is 0 Å². The summed E-state index contributed by atoms with van der Waals surface area (Å²) in [5, 5.41) is 0. The number of hydrogen-bond acceptors (Lipinski definition) is 1. The summed E-state index contributed by atoms with van der Waals surface area (Å²) in [6, 6.07) is 1.48. The van der Waals surface area contributed by atoms with Crippen LogP contribution in [0.25, 0.3) is 0 Å². The van der Waals surface area contributed by atoms with Gasteiger partial charge in [-0.3, -0.25) is 0 Å². The van der Waals surface area contributed by atoms with Crippen molar-refractivity contribution in [3.8, 4) is 0 Å². The molecular formula is C8H18OSi. The van der Waals surface area contributed by atoms with Crippen molar-refractivity contribution in [2.75, 3.05) is 6.61 Å². The average Bonchev–Trinajstić information content (AvgIpc) is 2.03. The Kier molecular flexibility index (Phi) is 4.06. The lowest BCUT2D eigenvalue weighted by Crippen LogP contribution is -2.24. The Balaban J connectivity index is 2.02. The summed E-state index contributed by atoms with van der Waals surface area (Å²) in [7, 11) is 0.143. The van der Waals surface area contributed by atoms with Gasteiger partial charge in [-0.25, -0.2) is 0 Å². The van der Waals surface area contributed by atoms with Crippen LogP contribution in [0.4, 0.5) is 0 Å². The van der Waals surface area contributed by atoms with Gasteiger partial charge < -0.3 is 4.74 Å². The fourth-order valence-corrected chi connectivity index (χ4v) is 3.24. The molecule has 10 heavy (non-hydrogen) atoms. The zero-order valence-electron chi connectivity index (χ0n) is 6.94. The largest absolute Gasteiger partial charge is 0.382 e. The lowest BCUT2D eigenvalue weighted by molar-refractivity contribution is 0.0650. The van der Waals surface area contributed by atoms with Crippen LogP contribution in [0, 0.1) is 0 Å². The van der Waals surface area contributed by atoms with Crippen LogP contribution >= 0.6 is 0 Å². The first kappa shape index (κ1) is 8.28. The van der Waals surface area contributed by atoms with Crippen LogP contribution < -0.4 is 0 Å². The second-order valence-electron chi connectivity index (χ2n) is 3.13. The minimum absolute atomic E-state index is 0.143. The van der Waals surface area contributed by atoms with Crippen molar-refractivity contribution in [2.24, 2.45) is 0 Å². The molecule has 60 valence electrons. The van der Waals surface area contributed by atoms with E-state index in [1.807, 2.05) is 0 Å². The summed E-state index contributed by atoms with van der Waals surface area (Å²) in [6.45, 7) is 3.32. The van der Waals surface area contributed by atoms with Gasteiger partial charge in [-0.2, -0.15) is 0 Å². The Hall–Kier alpha value is 0.177. The molecule has 0 saturated carbocycles. The summed E-state index contributed by atoms with van der Waals surface area (Å²) in [5.74, 6) is 0.